The number of thiazole rings is 1. The highest BCUT2D eigenvalue weighted by Crippen LogP contribution is 2.34. The second-order valence-electron chi connectivity index (χ2n) is 6.56. The van der Waals surface area contributed by atoms with Crippen molar-refractivity contribution < 1.29 is 27.8 Å². The quantitative estimate of drug-likeness (QED) is 0.268. The lowest BCUT2D eigenvalue weighted by Crippen LogP contribution is -2.09. The van der Waals surface area contributed by atoms with Gasteiger partial charge in [0.15, 0.2) is 22.2 Å². The number of aromatic nitrogens is 2. The van der Waals surface area contributed by atoms with Crippen LogP contribution in [0, 0.1) is 0 Å². The molecule has 0 unspecified atom stereocenters. The molecule has 0 radical (unpaired) electrons. The molecule has 166 valence electrons. The zero-order chi connectivity index (χ0) is 22.2. The van der Waals surface area contributed by atoms with Crippen LogP contribution in [-0.2, 0) is 4.74 Å². The highest BCUT2D eigenvalue weighted by Gasteiger charge is 2.20. The fraction of sp³-hybridized carbons (Fsp3) is 0.364. The molecule has 0 aliphatic heterocycles. The van der Waals surface area contributed by atoms with E-state index in [9.17, 15) is 13.6 Å². The number of imidazole rings is 1. The maximum Gasteiger partial charge on any atom is 0.387 e. The second kappa shape index (κ2) is 10.9. The number of benzene rings is 1. The van der Waals surface area contributed by atoms with Gasteiger partial charge in [-0.2, -0.15) is 8.78 Å². The number of alkyl halides is 2. The Kier molecular flexibility index (Phi) is 8.00. The Hall–Kier alpha value is -2.94. The summed E-state index contributed by atoms with van der Waals surface area (Å²) in [6.07, 6.45) is 7.84. The van der Waals surface area contributed by atoms with Crippen LogP contribution in [0.15, 0.2) is 29.8 Å². The molecule has 0 aliphatic carbocycles. The molecule has 0 saturated heterocycles. The van der Waals surface area contributed by atoms with E-state index in [0.29, 0.717) is 28.5 Å². The molecule has 2 aromatic heterocycles. The van der Waals surface area contributed by atoms with Gasteiger partial charge >= 0.3 is 12.6 Å². The Labute approximate surface area is 183 Å². The van der Waals surface area contributed by atoms with Crippen LogP contribution >= 0.6 is 11.3 Å². The summed E-state index contributed by atoms with van der Waals surface area (Å²) in [5, 5.41) is 1.83. The maximum atomic E-state index is 12.9. The fourth-order valence-corrected chi connectivity index (χ4v) is 3.74. The van der Waals surface area contributed by atoms with Crippen LogP contribution in [-0.4, -0.2) is 35.2 Å². The average Bonchev–Trinajstić information content (AvgIpc) is 3.31. The molecule has 31 heavy (non-hydrogen) atoms. The molecule has 6 nitrogen and oxygen atoms in total. The molecule has 0 amide bonds. The van der Waals surface area contributed by atoms with E-state index in [1.165, 1.54) is 17.4 Å². The summed E-state index contributed by atoms with van der Waals surface area (Å²) in [7, 11) is 0. The zero-order valence-electron chi connectivity index (χ0n) is 17.3. The number of ether oxygens (including phenoxy) is 3. The van der Waals surface area contributed by atoms with Gasteiger partial charge in [0.25, 0.3) is 0 Å². The first-order valence-corrected chi connectivity index (χ1v) is 10.9. The van der Waals surface area contributed by atoms with E-state index >= 15 is 0 Å². The first-order chi connectivity index (χ1) is 15.0. The van der Waals surface area contributed by atoms with E-state index in [4.69, 9.17) is 9.47 Å². The van der Waals surface area contributed by atoms with E-state index in [-0.39, 0.29) is 18.1 Å². The van der Waals surface area contributed by atoms with Crippen molar-refractivity contribution in [2.75, 3.05) is 13.2 Å². The van der Waals surface area contributed by atoms with Gasteiger partial charge in [-0.15, -0.1) is 11.3 Å². The van der Waals surface area contributed by atoms with Gasteiger partial charge in [-0.05, 0) is 31.6 Å². The summed E-state index contributed by atoms with van der Waals surface area (Å²) in [4.78, 5) is 17.6. The van der Waals surface area contributed by atoms with E-state index in [2.05, 4.69) is 16.6 Å². The number of unbranched alkanes of at least 4 members (excludes halogenated alkanes) is 2. The minimum Gasteiger partial charge on any atom is -0.489 e. The molecule has 0 fully saturated rings. The van der Waals surface area contributed by atoms with Gasteiger partial charge in [-0.3, -0.25) is 4.40 Å². The third-order valence-electron chi connectivity index (χ3n) is 4.40. The molecule has 3 rings (SSSR count). The molecule has 0 spiro atoms. The van der Waals surface area contributed by atoms with Gasteiger partial charge in [0, 0.05) is 17.1 Å². The smallest absolute Gasteiger partial charge is 0.387 e. The van der Waals surface area contributed by atoms with Crippen LogP contribution in [0.1, 0.15) is 54.9 Å². The monoisotopic (exact) mass is 450 g/mol. The van der Waals surface area contributed by atoms with Crippen molar-refractivity contribution in [1.82, 2.24) is 9.38 Å². The zero-order valence-corrected chi connectivity index (χ0v) is 18.2. The van der Waals surface area contributed by atoms with Crippen LogP contribution in [0.25, 0.3) is 17.1 Å². The number of nitrogens with zero attached hydrogens (tertiary/aromatic N) is 2. The summed E-state index contributed by atoms with van der Waals surface area (Å²) in [5.74, 6) is -0.294. The summed E-state index contributed by atoms with van der Waals surface area (Å²) in [6.45, 7) is 1.45. The topological polar surface area (TPSA) is 62.1 Å². The normalized spacial score (nSPS) is 11.5. The minimum atomic E-state index is -2.97. The Bertz CT molecular complexity index is 1050. The molecule has 0 N–H and O–H groups in total. The summed E-state index contributed by atoms with van der Waals surface area (Å²) >= 11 is 1.39. The van der Waals surface area contributed by atoms with Crippen LogP contribution in [0.4, 0.5) is 8.78 Å². The standard InChI is InChI=1S/C22H24F2N2O4S/c1-3-5-6-13-29-19-15(8-7-9-17(19)30-21(23)24)10-11-16-18(20(27)28-4-2)26-12-14-31-22(26)25-16/h7-12,14,21H,3-6,13H2,1-2H3/b11-10+. The molecular weight excluding hydrogens is 426 g/mol. The van der Waals surface area contributed by atoms with Crippen LogP contribution in [0.2, 0.25) is 0 Å². The number of rotatable bonds is 11. The number of fused-ring (bicyclic) bond motifs is 1. The van der Waals surface area contributed by atoms with Crippen LogP contribution in [0.3, 0.4) is 0 Å². The lowest BCUT2D eigenvalue weighted by molar-refractivity contribution is -0.0515. The van der Waals surface area contributed by atoms with Crippen molar-refractivity contribution in [2.45, 2.75) is 39.7 Å². The Morgan fingerprint density at radius 2 is 2.10 bits per heavy atom. The number of esters is 1. The highest BCUT2D eigenvalue weighted by atomic mass is 32.1. The van der Waals surface area contributed by atoms with E-state index in [1.807, 2.05) is 5.38 Å². The molecule has 0 saturated carbocycles. The van der Waals surface area contributed by atoms with Crippen molar-refractivity contribution in [3.05, 3.63) is 46.7 Å². The van der Waals surface area contributed by atoms with Crippen LogP contribution in [0.5, 0.6) is 11.5 Å². The van der Waals surface area contributed by atoms with Gasteiger partial charge in [0.05, 0.1) is 18.9 Å². The first-order valence-electron chi connectivity index (χ1n) is 10.1. The second-order valence-corrected chi connectivity index (χ2v) is 7.44. The van der Waals surface area contributed by atoms with E-state index < -0.39 is 12.6 Å². The van der Waals surface area contributed by atoms with Gasteiger partial charge in [-0.1, -0.05) is 31.9 Å². The number of halogens is 2. The average molecular weight is 451 g/mol. The van der Waals surface area contributed by atoms with Crippen molar-refractivity contribution in [3.8, 4) is 11.5 Å². The predicted molar refractivity (Wildman–Crippen MR) is 116 cm³/mol. The third-order valence-corrected chi connectivity index (χ3v) is 5.15. The van der Waals surface area contributed by atoms with E-state index in [1.54, 1.807) is 41.8 Å². The van der Waals surface area contributed by atoms with Crippen LogP contribution < -0.4 is 9.47 Å². The predicted octanol–water partition coefficient (Wildman–Crippen LogP) is 5.91. The van der Waals surface area contributed by atoms with Gasteiger partial charge < -0.3 is 14.2 Å². The van der Waals surface area contributed by atoms with Gasteiger partial charge in [-0.25, -0.2) is 9.78 Å². The van der Waals surface area contributed by atoms with Crippen molar-refractivity contribution in [2.24, 2.45) is 0 Å². The Balaban J connectivity index is 1.95. The molecule has 9 heteroatoms. The Morgan fingerprint density at radius 1 is 1.26 bits per heavy atom. The molecule has 0 atom stereocenters. The summed E-state index contributed by atoms with van der Waals surface area (Å²) in [6, 6.07) is 4.77. The molecular formula is C22H24F2N2O4S. The molecule has 3 aromatic rings. The largest absolute Gasteiger partial charge is 0.489 e. The molecule has 2 heterocycles. The highest BCUT2D eigenvalue weighted by molar-refractivity contribution is 7.15. The number of carbonyl (C=O) groups excluding carboxylic acids is 1. The van der Waals surface area contributed by atoms with Gasteiger partial charge in [0.2, 0.25) is 0 Å². The maximum absolute atomic E-state index is 12.9. The Morgan fingerprint density at radius 3 is 2.84 bits per heavy atom. The number of para-hydroxylation sites is 1. The molecule has 0 aliphatic rings. The minimum absolute atomic E-state index is 0.0370. The number of carbonyl (C=O) groups is 1. The molecule has 1 aromatic carbocycles. The number of hydrogen-bond acceptors (Lipinski definition) is 6. The first kappa shape index (κ1) is 22.7. The lowest BCUT2D eigenvalue weighted by Gasteiger charge is -2.14. The fourth-order valence-electron chi connectivity index (χ4n) is 3.02. The number of hydrogen-bond donors (Lipinski definition) is 0. The molecule has 0 bridgehead atoms. The summed E-state index contributed by atoms with van der Waals surface area (Å²) in [5.41, 5.74) is 1.27. The SMILES string of the molecule is CCCCCOc1c(/C=C/c2nc3sccn3c2C(=O)OCC)cccc1OC(F)F. The van der Waals surface area contributed by atoms with Crippen molar-refractivity contribution in [1.29, 1.82) is 0 Å². The van der Waals surface area contributed by atoms with Crippen molar-refractivity contribution in [3.63, 3.8) is 0 Å². The summed E-state index contributed by atoms with van der Waals surface area (Å²) < 4.78 is 43.0. The van der Waals surface area contributed by atoms with Gasteiger partial charge in [0.1, 0.15) is 0 Å². The van der Waals surface area contributed by atoms with Crippen molar-refractivity contribution >= 4 is 34.4 Å². The third kappa shape index (κ3) is 5.61. The lowest BCUT2D eigenvalue weighted by atomic mass is 10.1. The van der Waals surface area contributed by atoms with E-state index in [0.717, 1.165) is 19.3 Å².